The van der Waals surface area contributed by atoms with Crippen molar-refractivity contribution in [2.24, 2.45) is 5.14 Å². The van der Waals surface area contributed by atoms with Crippen LogP contribution in [0.1, 0.15) is 33.9 Å². The van der Waals surface area contributed by atoms with Crippen molar-refractivity contribution in [3.8, 4) is 11.5 Å². The van der Waals surface area contributed by atoms with Crippen LogP contribution in [0.5, 0.6) is 11.5 Å². The summed E-state index contributed by atoms with van der Waals surface area (Å²) in [6.45, 7) is 0.779. The van der Waals surface area contributed by atoms with Crippen LogP contribution in [0.2, 0.25) is 0 Å². The Morgan fingerprint density at radius 2 is 1.88 bits per heavy atom. The van der Waals surface area contributed by atoms with Crippen molar-refractivity contribution in [1.82, 2.24) is 5.32 Å². The molecule has 3 aromatic carbocycles. The normalized spacial score (nSPS) is 15.2. The van der Waals surface area contributed by atoms with Crippen LogP contribution in [0, 0.1) is 0 Å². The van der Waals surface area contributed by atoms with Crippen LogP contribution in [0.15, 0.2) is 71.6 Å². The zero-order chi connectivity index (χ0) is 23.4. The molecule has 0 spiro atoms. The van der Waals surface area contributed by atoms with Gasteiger partial charge in [0.2, 0.25) is 10.0 Å². The summed E-state index contributed by atoms with van der Waals surface area (Å²) in [7, 11) is -2.11. The van der Waals surface area contributed by atoms with Gasteiger partial charge in [-0.15, -0.1) is 0 Å². The van der Waals surface area contributed by atoms with E-state index in [-0.39, 0.29) is 23.4 Å². The average molecular weight is 468 g/mol. The van der Waals surface area contributed by atoms with Crippen molar-refractivity contribution in [2.45, 2.75) is 23.9 Å². The first-order chi connectivity index (χ1) is 15.8. The van der Waals surface area contributed by atoms with E-state index in [0.29, 0.717) is 17.9 Å². The third-order valence-electron chi connectivity index (χ3n) is 5.46. The molecule has 33 heavy (non-hydrogen) atoms. The summed E-state index contributed by atoms with van der Waals surface area (Å²) in [4.78, 5) is 12.7. The van der Waals surface area contributed by atoms with Gasteiger partial charge >= 0.3 is 0 Å². The lowest BCUT2D eigenvalue weighted by atomic mass is 9.98. The molecule has 0 fully saturated rings. The molecule has 0 aromatic heterocycles. The van der Waals surface area contributed by atoms with Crippen LogP contribution >= 0.6 is 0 Å². The Morgan fingerprint density at radius 3 is 2.61 bits per heavy atom. The number of methoxy groups -OCH3 is 1. The maximum absolute atomic E-state index is 12.7. The van der Waals surface area contributed by atoms with E-state index in [1.807, 2.05) is 30.3 Å². The molecule has 4 N–H and O–H groups in total. The second kappa shape index (κ2) is 9.51. The van der Waals surface area contributed by atoms with Crippen LogP contribution in [-0.2, 0) is 16.6 Å². The fraction of sp³-hybridized carbons (Fsp3) is 0.208. The van der Waals surface area contributed by atoms with Gasteiger partial charge < -0.3 is 20.1 Å². The van der Waals surface area contributed by atoms with Gasteiger partial charge in [0, 0.05) is 24.1 Å². The fourth-order valence-corrected chi connectivity index (χ4v) is 4.23. The first-order valence-corrected chi connectivity index (χ1v) is 12.0. The number of para-hydroxylation sites is 2. The number of benzene rings is 3. The van der Waals surface area contributed by atoms with Gasteiger partial charge in [0.15, 0.2) is 0 Å². The van der Waals surface area contributed by atoms with Crippen molar-refractivity contribution in [1.29, 1.82) is 0 Å². The Bertz CT molecular complexity index is 1260. The third kappa shape index (κ3) is 5.27. The van der Waals surface area contributed by atoms with Crippen LogP contribution in [0.3, 0.4) is 0 Å². The second-order valence-corrected chi connectivity index (χ2v) is 9.22. The van der Waals surface area contributed by atoms with Gasteiger partial charge in [-0.05, 0) is 42.0 Å². The molecular weight excluding hydrogens is 442 g/mol. The summed E-state index contributed by atoms with van der Waals surface area (Å²) in [6.07, 6.45) is 0.783. The minimum Gasteiger partial charge on any atom is -0.495 e. The molecular formula is C24H25N3O5S. The topological polar surface area (TPSA) is 120 Å². The molecule has 0 radical (unpaired) electrons. The fourth-order valence-electron chi connectivity index (χ4n) is 3.71. The third-order valence-corrected chi connectivity index (χ3v) is 6.39. The standard InChI is InChI=1S/C24H25N3O5S/c1-31-22-5-3-2-4-21(22)27-20-12-13-32-23-14-17(8-11-19(20)23)24(28)26-15-16-6-9-18(10-7-16)33(25,29)30/h2-11,14,20,27H,12-13,15H2,1H3,(H,26,28)(H2,25,29,30). The number of nitrogens with one attached hydrogen (secondary N) is 2. The molecule has 1 aliphatic heterocycles. The summed E-state index contributed by atoms with van der Waals surface area (Å²) >= 11 is 0. The molecule has 1 unspecified atom stereocenters. The Morgan fingerprint density at radius 1 is 1.12 bits per heavy atom. The minimum absolute atomic E-state index is 0.0273. The first-order valence-electron chi connectivity index (χ1n) is 10.4. The molecule has 0 saturated heterocycles. The number of sulfonamides is 1. The summed E-state index contributed by atoms with van der Waals surface area (Å²) in [5.41, 5.74) is 3.11. The van der Waals surface area contributed by atoms with Gasteiger partial charge in [0.05, 0.1) is 30.3 Å². The smallest absolute Gasteiger partial charge is 0.251 e. The number of carbonyl (C=O) groups excluding carboxylic acids is 1. The highest BCUT2D eigenvalue weighted by molar-refractivity contribution is 7.89. The van der Waals surface area contributed by atoms with E-state index in [9.17, 15) is 13.2 Å². The van der Waals surface area contributed by atoms with Crippen molar-refractivity contribution in [3.05, 3.63) is 83.4 Å². The molecule has 1 amide bonds. The number of hydrogen-bond acceptors (Lipinski definition) is 6. The molecule has 1 aliphatic rings. The summed E-state index contributed by atoms with van der Waals surface area (Å²) in [6, 6.07) is 19.2. The number of carbonyl (C=O) groups is 1. The highest BCUT2D eigenvalue weighted by atomic mass is 32.2. The molecule has 0 bridgehead atoms. The second-order valence-electron chi connectivity index (χ2n) is 7.66. The zero-order valence-electron chi connectivity index (χ0n) is 18.1. The Kier molecular flexibility index (Phi) is 6.52. The highest BCUT2D eigenvalue weighted by Crippen LogP contribution is 2.37. The van der Waals surface area contributed by atoms with Gasteiger partial charge in [-0.25, -0.2) is 13.6 Å². The number of rotatable bonds is 7. The minimum atomic E-state index is -3.74. The van der Waals surface area contributed by atoms with Gasteiger partial charge in [-0.1, -0.05) is 30.3 Å². The van der Waals surface area contributed by atoms with Gasteiger partial charge in [-0.2, -0.15) is 0 Å². The number of primary sulfonamides is 1. The van der Waals surface area contributed by atoms with Crippen molar-refractivity contribution >= 4 is 21.6 Å². The first kappa shape index (κ1) is 22.6. The molecule has 0 aliphatic carbocycles. The van der Waals surface area contributed by atoms with Crippen LogP contribution in [0.4, 0.5) is 5.69 Å². The van der Waals surface area contributed by atoms with E-state index < -0.39 is 10.0 Å². The molecule has 1 atom stereocenters. The average Bonchev–Trinajstić information content (AvgIpc) is 2.82. The summed E-state index contributed by atoms with van der Waals surface area (Å²) in [5.74, 6) is 1.18. The largest absolute Gasteiger partial charge is 0.495 e. The lowest BCUT2D eigenvalue weighted by Crippen LogP contribution is -2.24. The Labute approximate surface area is 192 Å². The number of amides is 1. The van der Waals surface area contributed by atoms with Gasteiger partial charge in [0.1, 0.15) is 11.5 Å². The lowest BCUT2D eigenvalue weighted by Gasteiger charge is -2.28. The Balaban J connectivity index is 1.44. The lowest BCUT2D eigenvalue weighted by molar-refractivity contribution is 0.0950. The molecule has 8 nitrogen and oxygen atoms in total. The van der Waals surface area contributed by atoms with E-state index >= 15 is 0 Å². The predicted molar refractivity (Wildman–Crippen MR) is 125 cm³/mol. The molecule has 172 valence electrons. The highest BCUT2D eigenvalue weighted by Gasteiger charge is 2.23. The maximum Gasteiger partial charge on any atom is 0.251 e. The van der Waals surface area contributed by atoms with E-state index in [1.165, 1.54) is 12.1 Å². The SMILES string of the molecule is COc1ccccc1NC1CCOc2cc(C(=O)NCc3ccc(S(N)(=O)=O)cc3)ccc21. The monoisotopic (exact) mass is 467 g/mol. The quantitative estimate of drug-likeness (QED) is 0.491. The number of anilines is 1. The molecule has 1 heterocycles. The van der Waals surface area contributed by atoms with Crippen LogP contribution < -0.4 is 25.2 Å². The number of hydrogen-bond donors (Lipinski definition) is 3. The molecule has 9 heteroatoms. The van der Waals surface area contributed by atoms with Crippen molar-refractivity contribution < 1.29 is 22.7 Å². The van der Waals surface area contributed by atoms with E-state index in [1.54, 1.807) is 31.4 Å². The van der Waals surface area contributed by atoms with E-state index in [4.69, 9.17) is 14.6 Å². The number of fused-ring (bicyclic) bond motifs is 1. The van der Waals surface area contributed by atoms with Crippen LogP contribution in [-0.4, -0.2) is 28.0 Å². The molecule has 3 aromatic rings. The van der Waals surface area contributed by atoms with Gasteiger partial charge in [0.25, 0.3) is 5.91 Å². The van der Waals surface area contributed by atoms with Crippen molar-refractivity contribution in [3.63, 3.8) is 0 Å². The Hall–Kier alpha value is -3.56. The number of nitrogens with two attached hydrogens (primary N) is 1. The van der Waals surface area contributed by atoms with E-state index in [2.05, 4.69) is 10.6 Å². The predicted octanol–water partition coefficient (Wildman–Crippen LogP) is 3.21. The number of ether oxygens (including phenoxy) is 2. The molecule has 0 saturated carbocycles. The van der Waals surface area contributed by atoms with Crippen molar-refractivity contribution in [2.75, 3.05) is 19.0 Å². The van der Waals surface area contributed by atoms with Crippen LogP contribution in [0.25, 0.3) is 0 Å². The maximum atomic E-state index is 12.7. The summed E-state index contributed by atoms with van der Waals surface area (Å²) in [5, 5.41) is 11.5. The molecule has 4 rings (SSSR count). The zero-order valence-corrected chi connectivity index (χ0v) is 18.9. The summed E-state index contributed by atoms with van der Waals surface area (Å²) < 4.78 is 34.0. The van der Waals surface area contributed by atoms with Gasteiger partial charge in [-0.3, -0.25) is 4.79 Å². The van der Waals surface area contributed by atoms with E-state index in [0.717, 1.165) is 29.0 Å².